The molecule has 3 aromatic rings. The molecular weight excluding hydrogens is 443 g/mol. The Balaban J connectivity index is 1.40. The third-order valence-electron chi connectivity index (χ3n) is 6.36. The maximum Gasteiger partial charge on any atom is 0.258 e. The Morgan fingerprint density at radius 1 is 0.943 bits per heavy atom. The maximum atomic E-state index is 13.8. The standard InChI is InChI=1S/C28H33FN4O2/c1-31(2)23-14-12-22(13-15-23)26(20-30-28(34)21-35-27-11-7-6-10-25(27)29)33-18-16-32(17-19-33)24-8-4-3-5-9-24/h3-15,26H,16-21H2,1-2H3,(H,30,34)/t26-/m0/s1. The van der Waals surface area contributed by atoms with E-state index in [1.54, 1.807) is 12.1 Å². The van der Waals surface area contributed by atoms with Gasteiger partial charge in [0.15, 0.2) is 18.2 Å². The molecule has 7 heteroatoms. The molecule has 0 unspecified atom stereocenters. The Labute approximate surface area is 206 Å². The predicted molar refractivity (Wildman–Crippen MR) is 139 cm³/mol. The average molecular weight is 477 g/mol. The Morgan fingerprint density at radius 3 is 2.26 bits per heavy atom. The molecule has 0 spiro atoms. The highest BCUT2D eigenvalue weighted by molar-refractivity contribution is 5.77. The SMILES string of the molecule is CN(C)c1ccc([C@H](CNC(=O)COc2ccccc2F)N2CCN(c3ccccc3)CC2)cc1. The summed E-state index contributed by atoms with van der Waals surface area (Å²) < 4.78 is 19.2. The van der Waals surface area contributed by atoms with E-state index in [2.05, 4.69) is 68.5 Å². The first-order valence-electron chi connectivity index (χ1n) is 12.0. The average Bonchev–Trinajstić information content (AvgIpc) is 2.89. The van der Waals surface area contributed by atoms with Gasteiger partial charge in [-0.15, -0.1) is 0 Å². The highest BCUT2D eigenvalue weighted by Crippen LogP contribution is 2.26. The fraction of sp³-hybridized carbons (Fsp3) is 0.321. The van der Waals surface area contributed by atoms with Crippen LogP contribution in [0, 0.1) is 5.82 Å². The summed E-state index contributed by atoms with van der Waals surface area (Å²) in [5.41, 5.74) is 3.51. The van der Waals surface area contributed by atoms with Crippen LogP contribution < -0.4 is 19.9 Å². The lowest BCUT2D eigenvalue weighted by Gasteiger charge is -2.40. The van der Waals surface area contributed by atoms with Crippen LogP contribution in [-0.4, -0.2) is 64.2 Å². The quantitative estimate of drug-likeness (QED) is 0.507. The Hall–Kier alpha value is -3.58. The molecular formula is C28H33FN4O2. The van der Waals surface area contributed by atoms with Crippen molar-refractivity contribution >= 4 is 17.3 Å². The van der Waals surface area contributed by atoms with Gasteiger partial charge in [0.1, 0.15) is 0 Å². The zero-order valence-electron chi connectivity index (χ0n) is 20.4. The molecule has 0 radical (unpaired) electrons. The first kappa shape index (κ1) is 24.5. The van der Waals surface area contributed by atoms with E-state index in [0.29, 0.717) is 6.54 Å². The first-order valence-corrected chi connectivity index (χ1v) is 12.0. The number of nitrogens with zero attached hydrogens (tertiary/aromatic N) is 3. The molecule has 1 atom stereocenters. The van der Waals surface area contributed by atoms with E-state index < -0.39 is 5.82 Å². The number of nitrogens with one attached hydrogen (secondary N) is 1. The second-order valence-corrected chi connectivity index (χ2v) is 8.88. The van der Waals surface area contributed by atoms with Gasteiger partial charge in [0, 0.05) is 58.2 Å². The van der Waals surface area contributed by atoms with E-state index >= 15 is 0 Å². The van der Waals surface area contributed by atoms with E-state index in [0.717, 1.165) is 37.4 Å². The van der Waals surface area contributed by atoms with Gasteiger partial charge in [-0.05, 0) is 42.0 Å². The molecule has 1 fully saturated rings. The van der Waals surface area contributed by atoms with Gasteiger partial charge in [0.2, 0.25) is 0 Å². The smallest absolute Gasteiger partial charge is 0.258 e. The van der Waals surface area contributed by atoms with E-state index in [1.807, 2.05) is 20.2 Å². The summed E-state index contributed by atoms with van der Waals surface area (Å²) in [6.07, 6.45) is 0. The molecule has 0 aliphatic carbocycles. The van der Waals surface area contributed by atoms with Crippen molar-refractivity contribution in [2.24, 2.45) is 0 Å². The number of rotatable bonds is 9. The third kappa shape index (κ3) is 6.51. The number of carbonyl (C=O) groups is 1. The lowest BCUT2D eigenvalue weighted by Crippen LogP contribution is -2.50. The summed E-state index contributed by atoms with van der Waals surface area (Å²) in [5.74, 6) is -0.669. The number of amides is 1. The number of ether oxygens (including phenoxy) is 1. The zero-order chi connectivity index (χ0) is 24.6. The lowest BCUT2D eigenvalue weighted by molar-refractivity contribution is -0.123. The van der Waals surface area contributed by atoms with Crippen molar-refractivity contribution < 1.29 is 13.9 Å². The molecule has 184 valence electrons. The van der Waals surface area contributed by atoms with Gasteiger partial charge in [-0.1, -0.05) is 42.5 Å². The van der Waals surface area contributed by atoms with Crippen LogP contribution in [0.3, 0.4) is 0 Å². The summed E-state index contributed by atoms with van der Waals surface area (Å²) in [6.45, 7) is 3.83. The molecule has 6 nitrogen and oxygen atoms in total. The third-order valence-corrected chi connectivity index (χ3v) is 6.36. The molecule has 0 saturated carbocycles. The van der Waals surface area contributed by atoms with Crippen molar-refractivity contribution in [2.45, 2.75) is 6.04 Å². The van der Waals surface area contributed by atoms with Crippen LogP contribution >= 0.6 is 0 Å². The fourth-order valence-corrected chi connectivity index (χ4v) is 4.35. The number of halogens is 1. The number of anilines is 2. The van der Waals surface area contributed by atoms with E-state index in [-0.39, 0.29) is 24.3 Å². The van der Waals surface area contributed by atoms with Crippen LogP contribution in [-0.2, 0) is 4.79 Å². The van der Waals surface area contributed by atoms with Crippen molar-refractivity contribution in [3.05, 3.63) is 90.2 Å². The second-order valence-electron chi connectivity index (χ2n) is 8.88. The maximum absolute atomic E-state index is 13.8. The van der Waals surface area contributed by atoms with Crippen LogP contribution in [0.5, 0.6) is 5.75 Å². The topological polar surface area (TPSA) is 48.1 Å². The summed E-state index contributed by atoms with van der Waals surface area (Å²) in [5, 5.41) is 3.00. The molecule has 35 heavy (non-hydrogen) atoms. The van der Waals surface area contributed by atoms with Crippen LogP contribution in [0.25, 0.3) is 0 Å². The molecule has 0 aromatic heterocycles. The van der Waals surface area contributed by atoms with Crippen molar-refractivity contribution in [1.82, 2.24) is 10.2 Å². The van der Waals surface area contributed by atoms with E-state index in [1.165, 1.54) is 17.8 Å². The van der Waals surface area contributed by atoms with Gasteiger partial charge in [-0.3, -0.25) is 9.69 Å². The van der Waals surface area contributed by atoms with Crippen molar-refractivity contribution in [2.75, 3.05) is 63.2 Å². The predicted octanol–water partition coefficient (Wildman–Crippen LogP) is 3.95. The van der Waals surface area contributed by atoms with Crippen molar-refractivity contribution in [3.8, 4) is 5.75 Å². The van der Waals surface area contributed by atoms with Crippen molar-refractivity contribution in [3.63, 3.8) is 0 Å². The minimum absolute atomic E-state index is 0.0292. The zero-order valence-corrected chi connectivity index (χ0v) is 20.4. The van der Waals surface area contributed by atoms with Crippen molar-refractivity contribution in [1.29, 1.82) is 0 Å². The minimum Gasteiger partial charge on any atom is -0.481 e. The van der Waals surface area contributed by atoms with Crippen LogP contribution in [0.2, 0.25) is 0 Å². The van der Waals surface area contributed by atoms with Gasteiger partial charge in [-0.25, -0.2) is 4.39 Å². The molecule has 1 N–H and O–H groups in total. The highest BCUT2D eigenvalue weighted by atomic mass is 19.1. The lowest BCUT2D eigenvalue weighted by atomic mass is 10.0. The largest absolute Gasteiger partial charge is 0.481 e. The first-order chi connectivity index (χ1) is 17.0. The van der Waals surface area contributed by atoms with Crippen LogP contribution in [0.4, 0.5) is 15.8 Å². The Morgan fingerprint density at radius 2 is 1.60 bits per heavy atom. The monoisotopic (exact) mass is 476 g/mol. The van der Waals surface area contributed by atoms with Crippen LogP contribution in [0.15, 0.2) is 78.9 Å². The van der Waals surface area contributed by atoms with E-state index in [9.17, 15) is 9.18 Å². The highest BCUT2D eigenvalue weighted by Gasteiger charge is 2.26. The summed E-state index contributed by atoms with van der Waals surface area (Å²) >= 11 is 0. The number of hydrogen-bond donors (Lipinski definition) is 1. The molecule has 1 aliphatic rings. The minimum atomic E-state index is -0.476. The number of carbonyl (C=O) groups excluding carboxylic acids is 1. The normalized spacial score (nSPS) is 14.9. The molecule has 1 amide bonds. The van der Waals surface area contributed by atoms with Gasteiger partial charge in [0.05, 0.1) is 6.04 Å². The summed E-state index contributed by atoms with van der Waals surface area (Å²) in [6, 6.07) is 25.0. The second kappa shape index (κ2) is 11.7. The summed E-state index contributed by atoms with van der Waals surface area (Å²) in [7, 11) is 4.04. The number of hydrogen-bond acceptors (Lipinski definition) is 5. The fourth-order valence-electron chi connectivity index (χ4n) is 4.35. The Bertz CT molecular complexity index is 1080. The molecule has 0 bridgehead atoms. The van der Waals surface area contributed by atoms with Gasteiger partial charge < -0.3 is 19.9 Å². The molecule has 4 rings (SSSR count). The van der Waals surface area contributed by atoms with Crippen LogP contribution in [0.1, 0.15) is 11.6 Å². The molecule has 1 aliphatic heterocycles. The molecule has 3 aromatic carbocycles. The van der Waals surface area contributed by atoms with Gasteiger partial charge in [0.25, 0.3) is 5.91 Å². The molecule has 1 saturated heterocycles. The Kier molecular flexibility index (Phi) is 8.21. The number of benzene rings is 3. The van der Waals surface area contributed by atoms with Gasteiger partial charge in [-0.2, -0.15) is 0 Å². The number of piperazine rings is 1. The number of para-hydroxylation sites is 2. The molecule has 1 heterocycles. The van der Waals surface area contributed by atoms with E-state index in [4.69, 9.17) is 4.74 Å². The summed E-state index contributed by atoms with van der Waals surface area (Å²) in [4.78, 5) is 19.4. The van der Waals surface area contributed by atoms with Gasteiger partial charge >= 0.3 is 0 Å².